The first-order valence-electron chi connectivity index (χ1n) is 15.1. The van der Waals surface area contributed by atoms with E-state index in [1.165, 1.54) is 0 Å². The van der Waals surface area contributed by atoms with Crippen molar-refractivity contribution < 1.29 is 104 Å². The molecule has 1 amide bonds. The topological polar surface area (TPSA) is 357 Å². The smallest absolute Gasteiger partial charge is 0.217 e. The molecule has 4 heterocycles. The molecule has 0 aromatic rings. The fourth-order valence-electron chi connectivity index (χ4n) is 5.95. The zero-order valence-electron chi connectivity index (χ0n) is 25.5. The Labute approximate surface area is 272 Å². The van der Waals surface area contributed by atoms with Crippen LogP contribution in [0.15, 0.2) is 0 Å². The summed E-state index contributed by atoms with van der Waals surface area (Å²) in [5.41, 5.74) is 0. The van der Waals surface area contributed by atoms with Crippen molar-refractivity contribution >= 4 is 5.91 Å². The van der Waals surface area contributed by atoms with Gasteiger partial charge in [0.1, 0.15) is 97.6 Å². The quantitative estimate of drug-likeness (QED) is 0.0947. The van der Waals surface area contributed by atoms with Crippen LogP contribution in [0.4, 0.5) is 0 Å². The van der Waals surface area contributed by atoms with E-state index in [0.29, 0.717) is 0 Å². The number of hydrogen-bond acceptors (Lipinski definition) is 21. The summed E-state index contributed by atoms with van der Waals surface area (Å²) >= 11 is 0. The molecule has 1 unspecified atom stereocenters. The minimum absolute atomic E-state index is 0.749. The second-order valence-corrected chi connectivity index (χ2v) is 11.9. The summed E-state index contributed by atoms with van der Waals surface area (Å²) in [7, 11) is 0. The van der Waals surface area contributed by atoms with E-state index >= 15 is 0 Å². The van der Waals surface area contributed by atoms with Crippen molar-refractivity contribution in [3.63, 3.8) is 0 Å². The van der Waals surface area contributed by atoms with E-state index in [4.69, 9.17) is 33.2 Å². The molecule has 14 N–H and O–H groups in total. The zero-order chi connectivity index (χ0) is 35.6. The van der Waals surface area contributed by atoms with Gasteiger partial charge in [0, 0.05) is 6.92 Å². The summed E-state index contributed by atoms with van der Waals surface area (Å²) in [6.07, 6.45) is -33.5. The molecule has 22 heteroatoms. The Balaban J connectivity index is 1.56. The van der Waals surface area contributed by atoms with Crippen molar-refractivity contribution in [3.05, 3.63) is 0 Å². The number of nitrogens with one attached hydrogen (secondary N) is 1. The highest BCUT2D eigenvalue weighted by Gasteiger charge is 2.55. The lowest BCUT2D eigenvalue weighted by Gasteiger charge is -2.50. The molecule has 0 saturated carbocycles. The van der Waals surface area contributed by atoms with Crippen LogP contribution in [0.25, 0.3) is 0 Å². The number of hydrogen-bond donors (Lipinski definition) is 14. The summed E-state index contributed by atoms with van der Waals surface area (Å²) in [6, 6.07) is -1.57. The molecule has 4 saturated heterocycles. The van der Waals surface area contributed by atoms with Crippen LogP contribution >= 0.6 is 0 Å². The molecule has 48 heavy (non-hydrogen) atoms. The fraction of sp³-hybridized carbons (Fsp3) is 0.962. The van der Waals surface area contributed by atoms with Crippen molar-refractivity contribution in [2.24, 2.45) is 0 Å². The van der Waals surface area contributed by atoms with Gasteiger partial charge in [-0.1, -0.05) is 0 Å². The highest BCUT2D eigenvalue weighted by atomic mass is 16.8. The number of aliphatic hydroxyl groups is 13. The number of amides is 1. The van der Waals surface area contributed by atoms with Crippen LogP contribution in [0.3, 0.4) is 0 Å². The van der Waals surface area contributed by atoms with Crippen molar-refractivity contribution in [2.75, 3.05) is 26.4 Å². The van der Waals surface area contributed by atoms with Gasteiger partial charge in [0.2, 0.25) is 5.91 Å². The molecular weight excluding hydrogens is 662 g/mol. The van der Waals surface area contributed by atoms with Crippen molar-refractivity contribution in [3.8, 4) is 0 Å². The average Bonchev–Trinajstić information content (AvgIpc) is 3.06. The summed E-state index contributed by atoms with van der Waals surface area (Å²) in [5.74, 6) is -0.749. The Kier molecular flexibility index (Phi) is 13.8. The lowest BCUT2D eigenvalue weighted by atomic mass is 9.94. The number of carbonyl (C=O) groups excluding carboxylic acids is 1. The van der Waals surface area contributed by atoms with Crippen LogP contribution in [0, 0.1) is 0 Å². The van der Waals surface area contributed by atoms with Gasteiger partial charge >= 0.3 is 0 Å². The van der Waals surface area contributed by atoms with Gasteiger partial charge in [-0.25, -0.2) is 0 Å². The Morgan fingerprint density at radius 2 is 0.917 bits per heavy atom. The number of ether oxygens (including phenoxy) is 7. The summed E-state index contributed by atoms with van der Waals surface area (Å²) in [5, 5.41) is 136. The monoisotopic (exact) mass is 707 g/mol. The molecule has 0 aromatic heterocycles. The van der Waals surface area contributed by atoms with E-state index in [-0.39, 0.29) is 0 Å². The molecule has 4 fully saturated rings. The first kappa shape index (κ1) is 39.5. The Morgan fingerprint density at radius 3 is 1.46 bits per heavy atom. The minimum Gasteiger partial charge on any atom is -0.394 e. The second kappa shape index (κ2) is 16.8. The lowest BCUT2D eigenvalue weighted by Crippen LogP contribution is -2.70. The SMILES string of the molecule is CC(=O)N[C@H]1[C@H](O[C@@H]2[C@H](O)[C@@H](O)[C@H](O[C@H]3[C@H](O)[C@@H](O)C(O)O[C@@H]3CO)O[C@@H]2CO)O[C@H](CO)[C@@H](O)[C@@H]1O[C@@H]1O[C@H](CO)[C@H](O)[C@H](O)[C@H]1O. The normalized spacial score (nSPS) is 50.2. The Morgan fingerprint density at radius 1 is 0.500 bits per heavy atom. The molecule has 4 aliphatic heterocycles. The van der Waals surface area contributed by atoms with Crippen LogP contribution in [-0.4, -0.2) is 221 Å². The van der Waals surface area contributed by atoms with Gasteiger partial charge in [0.15, 0.2) is 25.2 Å². The third-order valence-corrected chi connectivity index (χ3v) is 8.61. The van der Waals surface area contributed by atoms with Gasteiger partial charge in [0.05, 0.1) is 26.4 Å². The van der Waals surface area contributed by atoms with Gasteiger partial charge in [-0.3, -0.25) is 4.79 Å². The first-order chi connectivity index (χ1) is 22.7. The molecule has 0 aromatic carbocycles. The minimum atomic E-state index is -2.03. The van der Waals surface area contributed by atoms with Gasteiger partial charge in [-0.15, -0.1) is 0 Å². The maximum Gasteiger partial charge on any atom is 0.217 e. The molecule has 0 aliphatic carbocycles. The third-order valence-electron chi connectivity index (χ3n) is 8.61. The number of rotatable bonds is 11. The van der Waals surface area contributed by atoms with Crippen molar-refractivity contribution in [1.29, 1.82) is 0 Å². The molecule has 280 valence electrons. The van der Waals surface area contributed by atoms with E-state index < -0.39 is 155 Å². The van der Waals surface area contributed by atoms with E-state index in [0.717, 1.165) is 6.92 Å². The van der Waals surface area contributed by atoms with E-state index in [2.05, 4.69) is 5.32 Å². The highest BCUT2D eigenvalue weighted by molar-refractivity contribution is 5.73. The molecule has 0 bridgehead atoms. The summed E-state index contributed by atoms with van der Waals surface area (Å²) in [4.78, 5) is 12.2. The molecular formula is C26H45NO21. The van der Waals surface area contributed by atoms with Crippen LogP contribution < -0.4 is 5.32 Å². The fourth-order valence-corrected chi connectivity index (χ4v) is 5.95. The molecule has 20 atom stereocenters. The Hall–Kier alpha value is -1.33. The third kappa shape index (κ3) is 8.08. The van der Waals surface area contributed by atoms with Crippen molar-refractivity contribution in [2.45, 2.75) is 130 Å². The van der Waals surface area contributed by atoms with Crippen LogP contribution in [0.5, 0.6) is 0 Å². The Bertz CT molecular complexity index is 1020. The van der Waals surface area contributed by atoms with Crippen LogP contribution in [0.2, 0.25) is 0 Å². The van der Waals surface area contributed by atoms with Gasteiger partial charge in [0.25, 0.3) is 0 Å². The summed E-state index contributed by atoms with van der Waals surface area (Å²) in [6.45, 7) is -2.37. The average molecular weight is 708 g/mol. The van der Waals surface area contributed by atoms with Gasteiger partial charge in [-0.2, -0.15) is 0 Å². The predicted molar refractivity (Wildman–Crippen MR) is 145 cm³/mol. The van der Waals surface area contributed by atoms with E-state index in [9.17, 15) is 71.2 Å². The predicted octanol–water partition coefficient (Wildman–Crippen LogP) is -9.61. The molecule has 22 nitrogen and oxygen atoms in total. The standard InChI is InChI=1S/C26H45NO21/c1-6(32)27-11-22(48-25-18(39)14(35)12(33)7(2-28)44-25)13(34)8(3-29)43-24(11)46-21-10(5-31)45-26(19(40)16(21)37)47-20-9(4-30)42-23(41)17(38)15(20)36/h7-26,28-31,33-41H,2-5H2,1H3,(H,27,32)/t7-,8-,9-,10-,11-,12+,13-,14+,15-,16-,17-,18-,19-,20-,21+,22-,23?,24+,25+,26+/m1/s1. The van der Waals surface area contributed by atoms with Gasteiger partial charge in [-0.05, 0) is 0 Å². The molecule has 4 aliphatic rings. The molecule has 4 rings (SSSR count). The zero-order valence-corrected chi connectivity index (χ0v) is 25.5. The highest BCUT2D eigenvalue weighted by Crippen LogP contribution is 2.34. The van der Waals surface area contributed by atoms with Crippen LogP contribution in [-0.2, 0) is 38.0 Å². The largest absolute Gasteiger partial charge is 0.394 e. The molecule has 0 radical (unpaired) electrons. The maximum atomic E-state index is 12.2. The van der Waals surface area contributed by atoms with Crippen molar-refractivity contribution in [1.82, 2.24) is 5.32 Å². The van der Waals surface area contributed by atoms with E-state index in [1.807, 2.05) is 0 Å². The molecule has 0 spiro atoms. The van der Waals surface area contributed by atoms with Gasteiger partial charge < -0.3 is 105 Å². The number of aliphatic hydroxyl groups excluding tert-OH is 13. The van der Waals surface area contributed by atoms with E-state index in [1.54, 1.807) is 0 Å². The second-order valence-electron chi connectivity index (χ2n) is 11.9. The summed E-state index contributed by atoms with van der Waals surface area (Å²) < 4.78 is 38.7. The first-order valence-corrected chi connectivity index (χ1v) is 15.1. The number of carbonyl (C=O) groups is 1. The van der Waals surface area contributed by atoms with Crippen LogP contribution in [0.1, 0.15) is 6.92 Å². The lowest BCUT2D eigenvalue weighted by molar-refractivity contribution is -0.378. The maximum absolute atomic E-state index is 12.2.